The molecule has 0 amide bonds. The number of aliphatic hydroxyl groups is 1. The van der Waals surface area contributed by atoms with Crippen LogP contribution in [0.5, 0.6) is 0 Å². The van der Waals surface area contributed by atoms with Gasteiger partial charge in [0.1, 0.15) is 0 Å². The summed E-state index contributed by atoms with van der Waals surface area (Å²) in [6.45, 7) is 10.9. The SMILES string of the molecule is CNC(C)(CO)CCCCN1CCCC(C)(C)CC1. The van der Waals surface area contributed by atoms with Gasteiger partial charge in [-0.2, -0.15) is 0 Å². The zero-order chi connectivity index (χ0) is 14.4. The topological polar surface area (TPSA) is 35.5 Å². The number of hydrogen-bond donors (Lipinski definition) is 2. The highest BCUT2D eigenvalue weighted by Crippen LogP contribution is 2.29. The fraction of sp³-hybridized carbons (Fsp3) is 1.00. The molecule has 3 nitrogen and oxygen atoms in total. The summed E-state index contributed by atoms with van der Waals surface area (Å²) >= 11 is 0. The first-order valence-corrected chi connectivity index (χ1v) is 7.93. The molecule has 1 fully saturated rings. The third-order valence-electron chi connectivity index (χ3n) is 4.84. The highest BCUT2D eigenvalue weighted by Gasteiger charge is 2.23. The Hall–Kier alpha value is -0.120. The zero-order valence-corrected chi connectivity index (χ0v) is 13.5. The molecule has 1 rings (SSSR count). The molecule has 0 bridgehead atoms. The van der Waals surface area contributed by atoms with Gasteiger partial charge in [-0.05, 0) is 71.1 Å². The fourth-order valence-corrected chi connectivity index (χ4v) is 2.84. The van der Waals surface area contributed by atoms with Crippen molar-refractivity contribution in [2.45, 2.75) is 64.8 Å². The molecule has 1 aliphatic heterocycles. The van der Waals surface area contributed by atoms with Gasteiger partial charge < -0.3 is 15.3 Å². The van der Waals surface area contributed by atoms with Crippen LogP contribution >= 0.6 is 0 Å². The number of unbranched alkanes of at least 4 members (excludes halogenated alkanes) is 1. The van der Waals surface area contributed by atoms with Crippen molar-refractivity contribution in [3.63, 3.8) is 0 Å². The van der Waals surface area contributed by atoms with Crippen molar-refractivity contribution in [2.24, 2.45) is 5.41 Å². The normalized spacial score (nSPS) is 23.8. The molecule has 1 saturated heterocycles. The van der Waals surface area contributed by atoms with E-state index in [1.165, 1.54) is 51.7 Å². The molecule has 1 unspecified atom stereocenters. The minimum absolute atomic E-state index is 0.0965. The summed E-state index contributed by atoms with van der Waals surface area (Å²) in [6, 6.07) is 0. The van der Waals surface area contributed by atoms with Gasteiger partial charge in [-0.1, -0.05) is 20.3 Å². The minimum Gasteiger partial charge on any atom is -0.394 e. The van der Waals surface area contributed by atoms with Crippen molar-refractivity contribution in [1.82, 2.24) is 10.2 Å². The van der Waals surface area contributed by atoms with Gasteiger partial charge in [0.25, 0.3) is 0 Å². The number of aliphatic hydroxyl groups excluding tert-OH is 1. The van der Waals surface area contributed by atoms with E-state index in [-0.39, 0.29) is 12.1 Å². The van der Waals surface area contributed by atoms with E-state index in [4.69, 9.17) is 0 Å². The Bertz CT molecular complexity index is 249. The van der Waals surface area contributed by atoms with Gasteiger partial charge in [0.2, 0.25) is 0 Å². The molecule has 19 heavy (non-hydrogen) atoms. The third-order valence-corrected chi connectivity index (χ3v) is 4.84. The molecule has 0 aliphatic carbocycles. The Morgan fingerprint density at radius 2 is 1.95 bits per heavy atom. The summed E-state index contributed by atoms with van der Waals surface area (Å²) in [5.41, 5.74) is 0.442. The molecule has 1 atom stereocenters. The quantitative estimate of drug-likeness (QED) is 0.698. The van der Waals surface area contributed by atoms with Crippen molar-refractivity contribution in [3.8, 4) is 0 Å². The van der Waals surface area contributed by atoms with Gasteiger partial charge >= 0.3 is 0 Å². The number of hydrogen-bond acceptors (Lipinski definition) is 3. The van der Waals surface area contributed by atoms with Gasteiger partial charge in [-0.15, -0.1) is 0 Å². The lowest BCUT2D eigenvalue weighted by Crippen LogP contribution is -2.43. The molecule has 0 radical (unpaired) electrons. The number of likely N-dealkylation sites (N-methyl/N-ethyl adjacent to an activating group) is 1. The van der Waals surface area contributed by atoms with Crippen LogP contribution in [0.25, 0.3) is 0 Å². The molecular formula is C16H34N2O. The van der Waals surface area contributed by atoms with Crippen molar-refractivity contribution in [1.29, 1.82) is 0 Å². The van der Waals surface area contributed by atoms with E-state index in [0.717, 1.165) is 6.42 Å². The van der Waals surface area contributed by atoms with Crippen LogP contribution in [0.2, 0.25) is 0 Å². The average Bonchev–Trinajstić information content (AvgIpc) is 2.56. The first-order chi connectivity index (χ1) is 8.91. The van der Waals surface area contributed by atoms with Crippen LogP contribution in [0.15, 0.2) is 0 Å². The number of likely N-dealkylation sites (tertiary alicyclic amines) is 1. The van der Waals surface area contributed by atoms with Gasteiger partial charge in [-0.3, -0.25) is 0 Å². The maximum Gasteiger partial charge on any atom is 0.0610 e. The maximum atomic E-state index is 9.36. The lowest BCUT2D eigenvalue weighted by atomic mass is 9.85. The summed E-state index contributed by atoms with van der Waals surface area (Å²) in [5, 5.41) is 12.6. The molecule has 3 heteroatoms. The van der Waals surface area contributed by atoms with Crippen LogP contribution in [-0.2, 0) is 0 Å². The first-order valence-electron chi connectivity index (χ1n) is 7.93. The fourth-order valence-electron chi connectivity index (χ4n) is 2.84. The highest BCUT2D eigenvalue weighted by molar-refractivity contribution is 4.80. The van der Waals surface area contributed by atoms with E-state index in [0.29, 0.717) is 5.41 Å². The Morgan fingerprint density at radius 3 is 2.58 bits per heavy atom. The molecular weight excluding hydrogens is 236 g/mol. The number of nitrogens with zero attached hydrogens (tertiary/aromatic N) is 1. The van der Waals surface area contributed by atoms with Crippen molar-refractivity contribution in [3.05, 3.63) is 0 Å². The minimum atomic E-state index is -0.0965. The van der Waals surface area contributed by atoms with Gasteiger partial charge in [-0.25, -0.2) is 0 Å². The van der Waals surface area contributed by atoms with E-state index in [1.54, 1.807) is 0 Å². The lowest BCUT2D eigenvalue weighted by molar-refractivity contribution is 0.168. The van der Waals surface area contributed by atoms with E-state index in [1.807, 2.05) is 7.05 Å². The smallest absolute Gasteiger partial charge is 0.0610 e. The predicted molar refractivity (Wildman–Crippen MR) is 82.5 cm³/mol. The first kappa shape index (κ1) is 16.9. The maximum absolute atomic E-state index is 9.36. The Kier molecular flexibility index (Phi) is 6.78. The summed E-state index contributed by atoms with van der Waals surface area (Å²) in [5.74, 6) is 0. The van der Waals surface area contributed by atoms with Crippen LogP contribution in [-0.4, -0.2) is 48.8 Å². The Morgan fingerprint density at radius 1 is 1.21 bits per heavy atom. The zero-order valence-electron chi connectivity index (χ0n) is 13.5. The lowest BCUT2D eigenvalue weighted by Gasteiger charge is -2.27. The Labute approximate surface area is 119 Å². The van der Waals surface area contributed by atoms with Crippen LogP contribution in [0, 0.1) is 5.41 Å². The van der Waals surface area contributed by atoms with Gasteiger partial charge in [0, 0.05) is 5.54 Å². The second-order valence-electron chi connectivity index (χ2n) is 7.29. The van der Waals surface area contributed by atoms with Crippen LogP contribution in [0.4, 0.5) is 0 Å². The second-order valence-corrected chi connectivity index (χ2v) is 7.29. The molecule has 0 aromatic rings. The average molecular weight is 270 g/mol. The van der Waals surface area contributed by atoms with Crippen LogP contribution < -0.4 is 5.32 Å². The van der Waals surface area contributed by atoms with E-state index >= 15 is 0 Å². The molecule has 0 aromatic carbocycles. The van der Waals surface area contributed by atoms with Crippen molar-refractivity contribution in [2.75, 3.05) is 33.3 Å². The molecule has 0 saturated carbocycles. The van der Waals surface area contributed by atoms with Crippen LogP contribution in [0.3, 0.4) is 0 Å². The summed E-state index contributed by atoms with van der Waals surface area (Å²) in [6.07, 6.45) is 7.54. The molecule has 0 spiro atoms. The van der Waals surface area contributed by atoms with Gasteiger partial charge in [0.05, 0.1) is 6.61 Å². The predicted octanol–water partition coefficient (Wildman–Crippen LogP) is 2.64. The third kappa shape index (κ3) is 6.24. The van der Waals surface area contributed by atoms with Crippen LogP contribution in [0.1, 0.15) is 59.3 Å². The number of nitrogens with one attached hydrogen (secondary N) is 1. The summed E-state index contributed by atoms with van der Waals surface area (Å²) in [7, 11) is 1.94. The molecule has 2 N–H and O–H groups in total. The van der Waals surface area contributed by atoms with Crippen molar-refractivity contribution >= 4 is 0 Å². The molecule has 1 aliphatic rings. The highest BCUT2D eigenvalue weighted by atomic mass is 16.3. The Balaban J connectivity index is 2.19. The molecule has 0 aromatic heterocycles. The monoisotopic (exact) mass is 270 g/mol. The largest absolute Gasteiger partial charge is 0.394 e. The van der Waals surface area contributed by atoms with Gasteiger partial charge in [0.15, 0.2) is 0 Å². The van der Waals surface area contributed by atoms with E-state index in [2.05, 4.69) is 31.0 Å². The standard InChI is InChI=1S/C16H34N2O/c1-15(2)8-7-12-18(13-10-15)11-6-5-9-16(3,14-19)17-4/h17,19H,5-14H2,1-4H3. The summed E-state index contributed by atoms with van der Waals surface area (Å²) in [4.78, 5) is 2.63. The van der Waals surface area contributed by atoms with Crippen molar-refractivity contribution < 1.29 is 5.11 Å². The van der Waals surface area contributed by atoms with E-state index < -0.39 is 0 Å². The second kappa shape index (κ2) is 7.61. The number of rotatable bonds is 7. The molecule has 114 valence electrons. The molecule has 1 heterocycles. The van der Waals surface area contributed by atoms with E-state index in [9.17, 15) is 5.11 Å². The summed E-state index contributed by atoms with van der Waals surface area (Å²) < 4.78 is 0.